The quantitative estimate of drug-likeness (QED) is 0.669. The van der Waals surface area contributed by atoms with Gasteiger partial charge in [0, 0.05) is 22.2 Å². The van der Waals surface area contributed by atoms with Gasteiger partial charge in [-0.25, -0.2) is 13.8 Å². The van der Waals surface area contributed by atoms with Gasteiger partial charge in [-0.2, -0.15) is 0 Å². The molecule has 5 heteroatoms. The number of hydrogen-bond donors (Lipinski definition) is 1. The molecule has 0 saturated carbocycles. The fourth-order valence-corrected chi connectivity index (χ4v) is 2.21. The SMILES string of the molecule is FC(F)c1ccccc1-c1cc2ccc(Cl)nc2[nH]1. The lowest BCUT2D eigenvalue weighted by molar-refractivity contribution is 0.152. The van der Waals surface area contributed by atoms with Crippen molar-refractivity contribution in [2.24, 2.45) is 0 Å². The molecule has 0 spiro atoms. The molecule has 0 fully saturated rings. The standard InChI is InChI=1S/C14H9ClF2N2/c15-12-6-5-8-7-11(18-14(8)19-12)9-3-1-2-4-10(9)13(16)17/h1-7,13H,(H,18,19). The first-order valence-electron chi connectivity index (χ1n) is 5.68. The Kier molecular flexibility index (Phi) is 2.95. The van der Waals surface area contributed by atoms with E-state index in [0.717, 1.165) is 5.39 Å². The number of H-pyrrole nitrogens is 1. The van der Waals surface area contributed by atoms with Crippen LogP contribution in [0.5, 0.6) is 0 Å². The normalized spacial score (nSPS) is 11.4. The largest absolute Gasteiger partial charge is 0.339 e. The predicted octanol–water partition coefficient (Wildman–Crippen LogP) is 4.82. The molecule has 0 bridgehead atoms. The van der Waals surface area contributed by atoms with Crippen LogP contribution in [0.2, 0.25) is 5.15 Å². The van der Waals surface area contributed by atoms with Crippen LogP contribution in [0.3, 0.4) is 0 Å². The van der Waals surface area contributed by atoms with Gasteiger partial charge in [0.2, 0.25) is 0 Å². The molecule has 3 rings (SSSR count). The molecule has 0 aliphatic carbocycles. The number of fused-ring (bicyclic) bond motifs is 1. The third-order valence-electron chi connectivity index (χ3n) is 2.93. The van der Waals surface area contributed by atoms with Crippen molar-refractivity contribution in [1.82, 2.24) is 9.97 Å². The maximum atomic E-state index is 13.0. The minimum Gasteiger partial charge on any atom is -0.339 e. The number of nitrogens with zero attached hydrogens (tertiary/aromatic N) is 1. The van der Waals surface area contributed by atoms with Gasteiger partial charge in [-0.1, -0.05) is 35.9 Å². The molecule has 3 aromatic rings. The molecule has 2 aromatic heterocycles. The highest BCUT2D eigenvalue weighted by Crippen LogP contribution is 2.32. The van der Waals surface area contributed by atoms with E-state index in [2.05, 4.69) is 9.97 Å². The van der Waals surface area contributed by atoms with Crippen LogP contribution in [0.15, 0.2) is 42.5 Å². The average Bonchev–Trinajstić information content (AvgIpc) is 2.81. The van der Waals surface area contributed by atoms with Crippen LogP contribution in [0.4, 0.5) is 8.78 Å². The fourth-order valence-electron chi connectivity index (χ4n) is 2.06. The summed E-state index contributed by atoms with van der Waals surface area (Å²) in [5, 5.41) is 1.20. The van der Waals surface area contributed by atoms with Crippen LogP contribution in [-0.4, -0.2) is 9.97 Å². The molecule has 96 valence electrons. The molecule has 2 heterocycles. The smallest absolute Gasteiger partial charge is 0.264 e. The van der Waals surface area contributed by atoms with Gasteiger partial charge in [0.1, 0.15) is 10.8 Å². The first kappa shape index (κ1) is 12.1. The molecule has 1 N–H and O–H groups in total. The predicted molar refractivity (Wildman–Crippen MR) is 71.5 cm³/mol. The molecule has 0 unspecified atom stereocenters. The molecular formula is C14H9ClF2N2. The highest BCUT2D eigenvalue weighted by molar-refractivity contribution is 6.29. The number of hydrogen-bond acceptors (Lipinski definition) is 1. The van der Waals surface area contributed by atoms with Crippen LogP contribution in [0.1, 0.15) is 12.0 Å². The first-order valence-corrected chi connectivity index (χ1v) is 6.05. The highest BCUT2D eigenvalue weighted by atomic mass is 35.5. The Balaban J connectivity index is 2.19. The summed E-state index contributed by atoms with van der Waals surface area (Å²) in [6.45, 7) is 0. The van der Waals surface area contributed by atoms with Crippen molar-refractivity contribution in [1.29, 1.82) is 0 Å². The Hall–Kier alpha value is -1.94. The van der Waals surface area contributed by atoms with Gasteiger partial charge in [0.05, 0.1) is 0 Å². The van der Waals surface area contributed by atoms with Crippen molar-refractivity contribution in [2.75, 3.05) is 0 Å². The van der Waals surface area contributed by atoms with E-state index >= 15 is 0 Å². The van der Waals surface area contributed by atoms with Crippen molar-refractivity contribution in [3.05, 3.63) is 53.2 Å². The monoisotopic (exact) mass is 278 g/mol. The van der Waals surface area contributed by atoms with Gasteiger partial charge in [0.25, 0.3) is 6.43 Å². The topological polar surface area (TPSA) is 28.7 Å². The van der Waals surface area contributed by atoms with Gasteiger partial charge >= 0.3 is 0 Å². The fraction of sp³-hybridized carbons (Fsp3) is 0.0714. The average molecular weight is 279 g/mol. The van der Waals surface area contributed by atoms with Gasteiger partial charge < -0.3 is 4.98 Å². The molecule has 0 atom stereocenters. The van der Waals surface area contributed by atoms with Crippen LogP contribution in [0, 0.1) is 0 Å². The summed E-state index contributed by atoms with van der Waals surface area (Å²) in [7, 11) is 0. The van der Waals surface area contributed by atoms with Gasteiger partial charge in [-0.3, -0.25) is 0 Å². The van der Waals surface area contributed by atoms with Crippen LogP contribution in [-0.2, 0) is 0 Å². The third kappa shape index (κ3) is 2.19. The van der Waals surface area contributed by atoms with E-state index in [-0.39, 0.29) is 5.56 Å². The lowest BCUT2D eigenvalue weighted by Gasteiger charge is -2.06. The zero-order chi connectivity index (χ0) is 13.4. The molecule has 0 aliphatic rings. The second-order valence-corrected chi connectivity index (χ2v) is 4.53. The number of aromatic amines is 1. The van der Waals surface area contributed by atoms with E-state index in [4.69, 9.17) is 11.6 Å². The molecule has 0 amide bonds. The highest BCUT2D eigenvalue weighted by Gasteiger charge is 2.15. The molecule has 0 aliphatic heterocycles. The molecule has 1 aromatic carbocycles. The van der Waals surface area contributed by atoms with Crippen molar-refractivity contribution in [3.8, 4) is 11.3 Å². The van der Waals surface area contributed by atoms with Gasteiger partial charge in [0.15, 0.2) is 0 Å². The summed E-state index contributed by atoms with van der Waals surface area (Å²) >= 11 is 5.80. The summed E-state index contributed by atoms with van der Waals surface area (Å²) < 4.78 is 26.0. The Morgan fingerprint density at radius 1 is 1.11 bits per heavy atom. The van der Waals surface area contributed by atoms with Crippen LogP contribution < -0.4 is 0 Å². The van der Waals surface area contributed by atoms with E-state index < -0.39 is 6.43 Å². The van der Waals surface area contributed by atoms with Crippen molar-refractivity contribution < 1.29 is 8.78 Å². The summed E-state index contributed by atoms with van der Waals surface area (Å²) in [6.07, 6.45) is -2.51. The zero-order valence-electron chi connectivity index (χ0n) is 9.70. The number of nitrogens with one attached hydrogen (secondary N) is 1. The summed E-state index contributed by atoms with van der Waals surface area (Å²) in [4.78, 5) is 7.14. The Bertz CT molecular complexity index is 737. The first-order chi connectivity index (χ1) is 9.15. The second kappa shape index (κ2) is 4.63. The zero-order valence-corrected chi connectivity index (χ0v) is 10.5. The Morgan fingerprint density at radius 2 is 1.89 bits per heavy atom. The molecule has 0 radical (unpaired) electrons. The molecule has 2 nitrogen and oxygen atoms in total. The van der Waals surface area contributed by atoms with E-state index in [0.29, 0.717) is 22.1 Å². The van der Waals surface area contributed by atoms with Crippen LogP contribution in [0.25, 0.3) is 22.3 Å². The third-order valence-corrected chi connectivity index (χ3v) is 3.14. The van der Waals surface area contributed by atoms with E-state index in [9.17, 15) is 8.78 Å². The lowest BCUT2D eigenvalue weighted by atomic mass is 10.1. The minimum atomic E-state index is -2.51. The Morgan fingerprint density at radius 3 is 2.68 bits per heavy atom. The van der Waals surface area contributed by atoms with Crippen molar-refractivity contribution in [3.63, 3.8) is 0 Å². The van der Waals surface area contributed by atoms with Crippen LogP contribution >= 0.6 is 11.6 Å². The maximum Gasteiger partial charge on any atom is 0.264 e. The van der Waals surface area contributed by atoms with Gasteiger partial charge in [-0.15, -0.1) is 0 Å². The van der Waals surface area contributed by atoms with E-state index in [1.165, 1.54) is 6.07 Å². The molecule has 0 saturated heterocycles. The van der Waals surface area contributed by atoms with Crippen molar-refractivity contribution in [2.45, 2.75) is 6.43 Å². The number of pyridine rings is 1. The second-order valence-electron chi connectivity index (χ2n) is 4.14. The van der Waals surface area contributed by atoms with Gasteiger partial charge in [-0.05, 0) is 18.2 Å². The Labute approximate surface area is 113 Å². The summed E-state index contributed by atoms with van der Waals surface area (Å²) in [5.41, 5.74) is 1.68. The lowest BCUT2D eigenvalue weighted by Crippen LogP contribution is -1.89. The number of rotatable bonds is 2. The maximum absolute atomic E-state index is 13.0. The number of halogens is 3. The minimum absolute atomic E-state index is 0.000142. The number of aromatic nitrogens is 2. The van der Waals surface area contributed by atoms with E-state index in [1.54, 1.807) is 36.4 Å². The number of alkyl halides is 2. The number of benzene rings is 1. The summed E-state index contributed by atoms with van der Waals surface area (Å²) in [5.74, 6) is 0. The van der Waals surface area contributed by atoms with E-state index in [1.807, 2.05) is 0 Å². The molecule has 19 heavy (non-hydrogen) atoms. The summed E-state index contributed by atoms with van der Waals surface area (Å²) in [6, 6.07) is 11.7. The van der Waals surface area contributed by atoms with Crippen molar-refractivity contribution >= 4 is 22.6 Å². The molecular weight excluding hydrogens is 270 g/mol.